The predicted molar refractivity (Wildman–Crippen MR) is 79.5 cm³/mol. The van der Waals surface area contributed by atoms with Crippen molar-refractivity contribution in [3.8, 4) is 0 Å². The second kappa shape index (κ2) is 5.97. The molecular weight excluding hydrogens is 341 g/mol. The first-order valence-corrected chi connectivity index (χ1v) is 6.53. The van der Waals surface area contributed by atoms with Crippen LogP contribution in [0.25, 0.3) is 0 Å². The zero-order valence-corrected chi connectivity index (χ0v) is 11.7. The van der Waals surface area contributed by atoms with E-state index in [2.05, 4.69) is 27.9 Å². The highest BCUT2D eigenvalue weighted by atomic mass is 127. The number of aliphatic hydroxyl groups excluding tert-OH is 1. The van der Waals surface area contributed by atoms with Gasteiger partial charge >= 0.3 is 0 Å². The van der Waals surface area contributed by atoms with Gasteiger partial charge in [-0.15, -0.1) is 0 Å². The summed E-state index contributed by atoms with van der Waals surface area (Å²) in [5.41, 5.74) is 2.14. The average Bonchev–Trinajstić information content (AvgIpc) is 2.39. The van der Waals surface area contributed by atoms with E-state index in [0.717, 1.165) is 14.8 Å². The molecule has 0 atom stereocenters. The molecule has 1 amide bonds. The first kappa shape index (κ1) is 13.0. The Balaban J connectivity index is 2.11. The van der Waals surface area contributed by atoms with Crippen LogP contribution in [0.4, 0.5) is 5.69 Å². The number of benzene rings is 2. The number of hydrogen-bond acceptors (Lipinski definition) is 2. The van der Waals surface area contributed by atoms with Crippen molar-refractivity contribution in [3.63, 3.8) is 0 Å². The molecule has 0 aliphatic rings. The van der Waals surface area contributed by atoms with Gasteiger partial charge in [0.2, 0.25) is 0 Å². The van der Waals surface area contributed by atoms with Crippen molar-refractivity contribution < 1.29 is 9.90 Å². The molecule has 0 saturated heterocycles. The molecule has 2 aromatic rings. The van der Waals surface area contributed by atoms with Crippen molar-refractivity contribution in [2.75, 3.05) is 5.32 Å². The Bertz CT molecular complexity index is 552. The molecule has 0 aliphatic carbocycles. The highest BCUT2D eigenvalue weighted by Gasteiger charge is 2.05. The Morgan fingerprint density at radius 2 is 1.89 bits per heavy atom. The Morgan fingerprint density at radius 3 is 2.50 bits per heavy atom. The van der Waals surface area contributed by atoms with Crippen LogP contribution in [0, 0.1) is 3.57 Å². The maximum atomic E-state index is 11.9. The summed E-state index contributed by atoms with van der Waals surface area (Å²) < 4.78 is 1.07. The quantitative estimate of drug-likeness (QED) is 0.834. The summed E-state index contributed by atoms with van der Waals surface area (Å²) in [5, 5.41) is 11.8. The lowest BCUT2D eigenvalue weighted by Gasteiger charge is -2.06. The molecule has 0 heterocycles. The molecule has 4 heteroatoms. The van der Waals surface area contributed by atoms with Gasteiger partial charge in [0.25, 0.3) is 5.91 Å². The predicted octanol–water partition coefficient (Wildman–Crippen LogP) is 3.04. The molecule has 0 unspecified atom stereocenters. The van der Waals surface area contributed by atoms with Gasteiger partial charge in [-0.05, 0) is 58.5 Å². The fraction of sp³-hybridized carbons (Fsp3) is 0.0714. The van der Waals surface area contributed by atoms with Gasteiger partial charge in [0.15, 0.2) is 0 Å². The van der Waals surface area contributed by atoms with Gasteiger partial charge in [-0.2, -0.15) is 0 Å². The van der Waals surface area contributed by atoms with E-state index < -0.39 is 0 Å². The molecule has 0 bridgehead atoms. The molecule has 0 saturated carbocycles. The number of anilines is 1. The second-order valence-corrected chi connectivity index (χ2v) is 5.07. The molecule has 0 fully saturated rings. The second-order valence-electron chi connectivity index (χ2n) is 3.82. The van der Waals surface area contributed by atoms with Gasteiger partial charge in [-0.1, -0.05) is 18.2 Å². The molecule has 2 aromatic carbocycles. The Morgan fingerprint density at radius 1 is 1.17 bits per heavy atom. The molecule has 0 aliphatic heterocycles. The van der Waals surface area contributed by atoms with Crippen LogP contribution < -0.4 is 5.32 Å². The number of nitrogens with one attached hydrogen (secondary N) is 1. The van der Waals surface area contributed by atoms with Crippen molar-refractivity contribution in [2.45, 2.75) is 6.61 Å². The molecule has 92 valence electrons. The summed E-state index contributed by atoms with van der Waals surface area (Å²) in [6, 6.07) is 14.5. The molecular formula is C14H12INO2. The molecule has 18 heavy (non-hydrogen) atoms. The van der Waals surface area contributed by atoms with Crippen LogP contribution in [-0.4, -0.2) is 11.0 Å². The molecule has 3 nitrogen and oxygen atoms in total. The summed E-state index contributed by atoms with van der Waals surface area (Å²) in [6.07, 6.45) is 0. The summed E-state index contributed by atoms with van der Waals surface area (Å²) in [7, 11) is 0. The highest BCUT2D eigenvalue weighted by molar-refractivity contribution is 14.1. The van der Waals surface area contributed by atoms with Gasteiger partial charge in [0, 0.05) is 14.8 Å². The van der Waals surface area contributed by atoms with Crippen LogP contribution in [0.2, 0.25) is 0 Å². The van der Waals surface area contributed by atoms with Crippen molar-refractivity contribution in [2.24, 2.45) is 0 Å². The summed E-state index contributed by atoms with van der Waals surface area (Å²) >= 11 is 2.20. The third kappa shape index (κ3) is 3.30. The monoisotopic (exact) mass is 353 g/mol. The summed E-state index contributed by atoms with van der Waals surface area (Å²) in [4.78, 5) is 11.9. The number of halogens is 1. The SMILES string of the molecule is O=C(Nc1cccc(I)c1)c1ccc(CO)cc1. The Labute approximate surface area is 119 Å². The number of amides is 1. The largest absolute Gasteiger partial charge is 0.392 e. The van der Waals surface area contributed by atoms with Gasteiger partial charge in [-0.3, -0.25) is 4.79 Å². The molecule has 2 rings (SSSR count). The van der Waals surface area contributed by atoms with Crippen molar-refractivity contribution >= 4 is 34.2 Å². The van der Waals surface area contributed by atoms with Gasteiger partial charge in [0.1, 0.15) is 0 Å². The average molecular weight is 353 g/mol. The maximum absolute atomic E-state index is 11.9. The van der Waals surface area contributed by atoms with Crippen molar-refractivity contribution in [1.29, 1.82) is 0 Å². The minimum atomic E-state index is -0.151. The smallest absolute Gasteiger partial charge is 0.255 e. The third-order valence-electron chi connectivity index (χ3n) is 2.48. The van der Waals surface area contributed by atoms with E-state index in [-0.39, 0.29) is 12.5 Å². The highest BCUT2D eigenvalue weighted by Crippen LogP contribution is 2.14. The molecule has 0 radical (unpaired) electrons. The van der Waals surface area contributed by atoms with Gasteiger partial charge in [-0.25, -0.2) is 0 Å². The Kier molecular flexibility index (Phi) is 4.33. The standard InChI is InChI=1S/C14H12INO2/c15-12-2-1-3-13(8-12)16-14(18)11-6-4-10(9-17)5-7-11/h1-8,17H,9H2,(H,16,18). The normalized spacial score (nSPS) is 10.1. The van der Waals surface area contributed by atoms with E-state index in [4.69, 9.17) is 5.11 Å². The van der Waals surface area contributed by atoms with Crippen LogP contribution in [-0.2, 0) is 6.61 Å². The summed E-state index contributed by atoms with van der Waals surface area (Å²) in [5.74, 6) is -0.151. The lowest BCUT2D eigenvalue weighted by molar-refractivity contribution is 0.102. The number of carbonyl (C=O) groups excluding carboxylic acids is 1. The topological polar surface area (TPSA) is 49.3 Å². The molecule has 0 spiro atoms. The van der Waals surface area contributed by atoms with Crippen LogP contribution in [0.5, 0.6) is 0 Å². The first-order chi connectivity index (χ1) is 8.69. The fourth-order valence-electron chi connectivity index (χ4n) is 1.53. The van der Waals surface area contributed by atoms with Crippen LogP contribution in [0.3, 0.4) is 0 Å². The zero-order chi connectivity index (χ0) is 13.0. The fourth-order valence-corrected chi connectivity index (χ4v) is 2.07. The van der Waals surface area contributed by atoms with Crippen molar-refractivity contribution in [3.05, 3.63) is 63.2 Å². The van der Waals surface area contributed by atoms with E-state index in [1.807, 2.05) is 24.3 Å². The first-order valence-electron chi connectivity index (χ1n) is 5.46. The van der Waals surface area contributed by atoms with Crippen molar-refractivity contribution in [1.82, 2.24) is 0 Å². The van der Waals surface area contributed by atoms with Crippen LogP contribution in [0.1, 0.15) is 15.9 Å². The lowest BCUT2D eigenvalue weighted by atomic mass is 10.1. The number of hydrogen-bond donors (Lipinski definition) is 2. The minimum absolute atomic E-state index is 0.0151. The maximum Gasteiger partial charge on any atom is 0.255 e. The van der Waals surface area contributed by atoms with Crippen LogP contribution in [0.15, 0.2) is 48.5 Å². The third-order valence-corrected chi connectivity index (χ3v) is 3.15. The number of carbonyl (C=O) groups is 1. The Hall–Kier alpha value is -1.40. The van der Waals surface area contributed by atoms with Crippen LogP contribution >= 0.6 is 22.6 Å². The van der Waals surface area contributed by atoms with Gasteiger partial charge in [0.05, 0.1) is 6.61 Å². The summed E-state index contributed by atoms with van der Waals surface area (Å²) in [6.45, 7) is -0.0151. The number of rotatable bonds is 3. The van der Waals surface area contributed by atoms with E-state index in [0.29, 0.717) is 5.56 Å². The van der Waals surface area contributed by atoms with E-state index in [1.165, 1.54) is 0 Å². The minimum Gasteiger partial charge on any atom is -0.392 e. The van der Waals surface area contributed by atoms with E-state index in [9.17, 15) is 4.79 Å². The molecule has 0 aromatic heterocycles. The van der Waals surface area contributed by atoms with E-state index in [1.54, 1.807) is 24.3 Å². The van der Waals surface area contributed by atoms with Gasteiger partial charge < -0.3 is 10.4 Å². The molecule has 2 N–H and O–H groups in total. The zero-order valence-electron chi connectivity index (χ0n) is 9.56. The number of aliphatic hydroxyl groups is 1. The lowest BCUT2D eigenvalue weighted by Crippen LogP contribution is -2.11. The van der Waals surface area contributed by atoms with E-state index >= 15 is 0 Å².